The SMILES string of the molecule is C=CC(CC1CC1)S(=O)(=O)N1CC(c2ccc3c(c2)C(Cc2cccc(F)c2)C(NC)C3)C1. The van der Waals surface area contributed by atoms with Gasteiger partial charge in [-0.05, 0) is 66.6 Å². The maximum absolute atomic E-state index is 13.8. The Morgan fingerprint density at radius 3 is 2.67 bits per heavy atom. The highest BCUT2D eigenvalue weighted by molar-refractivity contribution is 7.89. The molecule has 0 radical (unpaired) electrons. The summed E-state index contributed by atoms with van der Waals surface area (Å²) in [4.78, 5) is 0. The van der Waals surface area contributed by atoms with Crippen molar-refractivity contribution in [3.05, 3.63) is 83.2 Å². The number of benzene rings is 2. The first-order valence-electron chi connectivity index (χ1n) is 12.0. The van der Waals surface area contributed by atoms with Crippen LogP contribution < -0.4 is 5.32 Å². The normalized spacial score (nSPS) is 24.3. The number of nitrogens with one attached hydrogen (secondary N) is 1. The van der Waals surface area contributed by atoms with Crippen LogP contribution in [0.3, 0.4) is 0 Å². The second kappa shape index (κ2) is 8.97. The topological polar surface area (TPSA) is 49.4 Å². The first-order chi connectivity index (χ1) is 15.9. The molecule has 2 aliphatic carbocycles. The van der Waals surface area contributed by atoms with E-state index in [0.29, 0.717) is 31.5 Å². The van der Waals surface area contributed by atoms with Gasteiger partial charge in [-0.1, -0.05) is 49.2 Å². The van der Waals surface area contributed by atoms with Crippen molar-refractivity contribution >= 4 is 10.0 Å². The van der Waals surface area contributed by atoms with E-state index in [-0.39, 0.29) is 17.7 Å². The van der Waals surface area contributed by atoms with Gasteiger partial charge in [-0.25, -0.2) is 17.1 Å². The summed E-state index contributed by atoms with van der Waals surface area (Å²) in [5.41, 5.74) is 4.86. The Bertz CT molecular complexity index is 1140. The van der Waals surface area contributed by atoms with Crippen molar-refractivity contribution in [2.75, 3.05) is 20.1 Å². The Morgan fingerprint density at radius 1 is 1.21 bits per heavy atom. The molecule has 1 aliphatic heterocycles. The number of rotatable bonds is 9. The van der Waals surface area contributed by atoms with E-state index in [1.54, 1.807) is 22.5 Å². The van der Waals surface area contributed by atoms with Crippen LogP contribution in [-0.2, 0) is 22.9 Å². The molecule has 3 atom stereocenters. The minimum absolute atomic E-state index is 0.198. The van der Waals surface area contributed by atoms with E-state index in [1.165, 1.54) is 22.8 Å². The summed E-state index contributed by atoms with van der Waals surface area (Å²) in [5, 5.41) is 2.99. The molecule has 4 nitrogen and oxygen atoms in total. The van der Waals surface area contributed by atoms with Crippen LogP contribution in [0.5, 0.6) is 0 Å². The summed E-state index contributed by atoms with van der Waals surface area (Å²) in [7, 11) is -1.33. The van der Waals surface area contributed by atoms with E-state index in [0.717, 1.165) is 31.2 Å². The first-order valence-corrected chi connectivity index (χ1v) is 13.5. The maximum Gasteiger partial charge on any atom is 0.220 e. The van der Waals surface area contributed by atoms with Gasteiger partial charge < -0.3 is 5.32 Å². The van der Waals surface area contributed by atoms with Crippen molar-refractivity contribution in [1.29, 1.82) is 0 Å². The molecular formula is C27H33FN2O2S. The molecule has 0 amide bonds. The third-order valence-electron chi connectivity index (χ3n) is 7.80. The second-order valence-electron chi connectivity index (χ2n) is 10.0. The van der Waals surface area contributed by atoms with Crippen LogP contribution in [-0.4, -0.2) is 44.2 Å². The van der Waals surface area contributed by atoms with Gasteiger partial charge in [0, 0.05) is 31.0 Å². The smallest absolute Gasteiger partial charge is 0.220 e. The molecule has 2 aromatic carbocycles. The fourth-order valence-corrected chi connectivity index (χ4v) is 7.45. The van der Waals surface area contributed by atoms with Gasteiger partial charge in [-0.15, -0.1) is 6.58 Å². The molecule has 5 rings (SSSR count). The second-order valence-corrected chi connectivity index (χ2v) is 12.2. The van der Waals surface area contributed by atoms with Gasteiger partial charge in [-0.2, -0.15) is 0 Å². The summed E-state index contributed by atoms with van der Waals surface area (Å²) >= 11 is 0. The molecule has 1 N–H and O–H groups in total. The number of hydrogen-bond donors (Lipinski definition) is 1. The van der Waals surface area contributed by atoms with Crippen LogP contribution in [0.25, 0.3) is 0 Å². The van der Waals surface area contributed by atoms with Crippen molar-refractivity contribution in [3.63, 3.8) is 0 Å². The lowest BCUT2D eigenvalue weighted by atomic mass is 9.87. The molecule has 0 spiro atoms. The van der Waals surface area contributed by atoms with Crippen LogP contribution >= 0.6 is 0 Å². The Morgan fingerprint density at radius 2 is 2.00 bits per heavy atom. The molecule has 3 aliphatic rings. The minimum Gasteiger partial charge on any atom is -0.316 e. The summed E-state index contributed by atoms with van der Waals surface area (Å²) < 4.78 is 41.5. The lowest BCUT2D eigenvalue weighted by molar-refractivity contribution is 0.261. The van der Waals surface area contributed by atoms with Crippen molar-refractivity contribution < 1.29 is 12.8 Å². The van der Waals surface area contributed by atoms with Crippen molar-refractivity contribution in [1.82, 2.24) is 9.62 Å². The predicted molar refractivity (Wildman–Crippen MR) is 130 cm³/mol. The number of hydrogen-bond acceptors (Lipinski definition) is 3. The lowest BCUT2D eigenvalue weighted by Gasteiger charge is -2.40. The fourth-order valence-electron chi connectivity index (χ4n) is 5.54. The quantitative estimate of drug-likeness (QED) is 0.556. The fraction of sp³-hybridized carbons (Fsp3) is 0.481. The molecule has 1 heterocycles. The highest BCUT2D eigenvalue weighted by Crippen LogP contribution is 2.41. The lowest BCUT2D eigenvalue weighted by Crippen LogP contribution is -2.51. The average Bonchev–Trinajstić information content (AvgIpc) is 3.52. The average molecular weight is 469 g/mol. The van der Waals surface area contributed by atoms with Gasteiger partial charge in [-0.3, -0.25) is 0 Å². The van der Waals surface area contributed by atoms with E-state index < -0.39 is 15.3 Å². The van der Waals surface area contributed by atoms with Crippen LogP contribution in [0, 0.1) is 11.7 Å². The largest absolute Gasteiger partial charge is 0.316 e. The Kier molecular flexibility index (Phi) is 6.19. The van der Waals surface area contributed by atoms with E-state index in [1.807, 2.05) is 13.1 Å². The molecule has 2 fully saturated rings. The summed E-state index contributed by atoms with van der Waals surface area (Å²) in [6.07, 6.45) is 6.35. The van der Waals surface area contributed by atoms with E-state index in [4.69, 9.17) is 0 Å². The third-order valence-corrected chi connectivity index (χ3v) is 9.97. The van der Waals surface area contributed by atoms with Gasteiger partial charge >= 0.3 is 0 Å². The Labute approximate surface area is 196 Å². The monoisotopic (exact) mass is 468 g/mol. The molecule has 6 heteroatoms. The van der Waals surface area contributed by atoms with Crippen LogP contribution in [0.1, 0.15) is 53.4 Å². The zero-order valence-electron chi connectivity index (χ0n) is 19.2. The Hall–Kier alpha value is -2.02. The minimum atomic E-state index is -3.32. The molecule has 1 saturated heterocycles. The van der Waals surface area contributed by atoms with Gasteiger partial charge in [0.1, 0.15) is 5.82 Å². The van der Waals surface area contributed by atoms with Gasteiger partial charge in [0.25, 0.3) is 0 Å². The Balaban J connectivity index is 1.31. The number of halogens is 1. The summed E-state index contributed by atoms with van der Waals surface area (Å²) in [5.74, 6) is 0.845. The van der Waals surface area contributed by atoms with Gasteiger partial charge in [0.05, 0.1) is 5.25 Å². The van der Waals surface area contributed by atoms with E-state index >= 15 is 0 Å². The maximum atomic E-state index is 13.8. The molecule has 176 valence electrons. The molecule has 1 saturated carbocycles. The highest BCUT2D eigenvalue weighted by atomic mass is 32.2. The number of nitrogens with zero attached hydrogens (tertiary/aromatic N) is 1. The zero-order valence-corrected chi connectivity index (χ0v) is 20.0. The van der Waals surface area contributed by atoms with E-state index in [2.05, 4.69) is 30.1 Å². The van der Waals surface area contributed by atoms with E-state index in [9.17, 15) is 12.8 Å². The number of fused-ring (bicyclic) bond motifs is 1. The molecule has 3 unspecified atom stereocenters. The van der Waals surface area contributed by atoms with Gasteiger partial charge in [0.15, 0.2) is 0 Å². The van der Waals surface area contributed by atoms with Crippen molar-refractivity contribution in [2.45, 2.75) is 55.2 Å². The summed E-state index contributed by atoms with van der Waals surface area (Å²) in [6, 6.07) is 13.8. The highest BCUT2D eigenvalue weighted by Gasteiger charge is 2.42. The molecular weight excluding hydrogens is 435 g/mol. The van der Waals surface area contributed by atoms with Crippen LogP contribution in [0.15, 0.2) is 55.1 Å². The molecule has 0 aromatic heterocycles. The zero-order chi connectivity index (χ0) is 23.2. The van der Waals surface area contributed by atoms with Crippen LogP contribution in [0.4, 0.5) is 4.39 Å². The number of sulfonamides is 1. The van der Waals surface area contributed by atoms with Crippen LogP contribution in [0.2, 0.25) is 0 Å². The first kappa shape index (κ1) is 22.8. The molecule has 2 aromatic rings. The third kappa shape index (κ3) is 4.53. The van der Waals surface area contributed by atoms with Gasteiger partial charge in [0.2, 0.25) is 10.0 Å². The standard InChI is InChI=1S/C27H33FN2O2S/c1-3-24(12-18-7-8-18)33(31,32)30-16-22(17-30)20-9-10-21-15-27(29-2)26(25(21)14-20)13-19-5-4-6-23(28)11-19/h3-6,9-11,14,18,22,24,26-27,29H,1,7-8,12-13,15-17H2,2H3. The molecule has 0 bridgehead atoms. The number of likely N-dealkylation sites (N-methyl/N-ethyl adjacent to an activating group) is 1. The summed E-state index contributed by atoms with van der Waals surface area (Å²) in [6.45, 7) is 4.88. The van der Waals surface area contributed by atoms with Crippen molar-refractivity contribution in [3.8, 4) is 0 Å². The predicted octanol–water partition coefficient (Wildman–Crippen LogP) is 4.38. The molecule has 33 heavy (non-hydrogen) atoms. The van der Waals surface area contributed by atoms with Crippen molar-refractivity contribution in [2.24, 2.45) is 5.92 Å².